The molecular weight excluding hydrogens is 234 g/mol. The maximum atomic E-state index is 11.9. The largest absolute Gasteiger partial charge is 0.507 e. The first-order valence-corrected chi connectivity index (χ1v) is 5.30. The van der Waals surface area contributed by atoms with Crippen molar-refractivity contribution in [3.05, 3.63) is 35.5 Å². The van der Waals surface area contributed by atoms with Gasteiger partial charge >= 0.3 is 0 Å². The second kappa shape index (κ2) is 4.79. The van der Waals surface area contributed by atoms with E-state index in [0.29, 0.717) is 11.6 Å². The van der Waals surface area contributed by atoms with E-state index in [-0.39, 0.29) is 11.3 Å². The van der Waals surface area contributed by atoms with Crippen LogP contribution in [-0.4, -0.2) is 28.3 Å². The molecule has 1 heterocycles. The number of hydrogen-bond acceptors (Lipinski definition) is 4. The highest BCUT2D eigenvalue weighted by atomic mass is 16.5. The second-order valence-corrected chi connectivity index (χ2v) is 3.77. The highest BCUT2D eigenvalue weighted by Crippen LogP contribution is 2.23. The summed E-state index contributed by atoms with van der Waals surface area (Å²) in [6.07, 6.45) is 0. The molecule has 0 saturated heterocycles. The number of anilines is 1. The number of ether oxygens (including phenoxy) is 1. The number of nitrogens with zero attached hydrogens (tertiary/aromatic N) is 1. The van der Waals surface area contributed by atoms with Gasteiger partial charge < -0.3 is 15.2 Å². The van der Waals surface area contributed by atoms with Gasteiger partial charge in [0, 0.05) is 11.8 Å². The first-order chi connectivity index (χ1) is 8.60. The minimum atomic E-state index is -0.446. The zero-order valence-corrected chi connectivity index (χ0v) is 10.0. The molecule has 1 aromatic heterocycles. The molecular formula is C12H13N3O3. The number of nitrogens with one attached hydrogen (secondary N) is 2. The normalized spacial score (nSPS) is 10.1. The van der Waals surface area contributed by atoms with Gasteiger partial charge in [-0.25, -0.2) is 0 Å². The zero-order chi connectivity index (χ0) is 13.1. The summed E-state index contributed by atoms with van der Waals surface area (Å²) >= 11 is 0. The topological polar surface area (TPSA) is 87.2 Å². The van der Waals surface area contributed by atoms with E-state index in [4.69, 9.17) is 4.74 Å². The SMILES string of the molecule is COc1ccc(O)c(C(=O)Nc2cc(C)[nH]n2)c1. The van der Waals surface area contributed by atoms with Gasteiger partial charge in [-0.3, -0.25) is 9.89 Å². The number of amides is 1. The molecule has 6 nitrogen and oxygen atoms in total. The quantitative estimate of drug-likeness (QED) is 0.770. The fourth-order valence-corrected chi connectivity index (χ4v) is 1.49. The minimum Gasteiger partial charge on any atom is -0.507 e. The lowest BCUT2D eigenvalue weighted by Crippen LogP contribution is -2.12. The molecule has 0 radical (unpaired) electrons. The molecule has 0 aliphatic carbocycles. The standard InChI is InChI=1S/C12H13N3O3/c1-7-5-11(15-14-7)13-12(17)9-6-8(18-2)3-4-10(9)16/h3-6,16H,1-2H3,(H2,13,14,15,17). The molecule has 18 heavy (non-hydrogen) atoms. The van der Waals surface area contributed by atoms with Gasteiger partial charge in [0.05, 0.1) is 12.7 Å². The van der Waals surface area contributed by atoms with Crippen LogP contribution in [0.2, 0.25) is 0 Å². The van der Waals surface area contributed by atoms with Crippen LogP contribution in [0.1, 0.15) is 16.1 Å². The van der Waals surface area contributed by atoms with Crippen LogP contribution >= 0.6 is 0 Å². The molecule has 0 atom stereocenters. The van der Waals surface area contributed by atoms with Crippen LogP contribution in [0.4, 0.5) is 5.82 Å². The summed E-state index contributed by atoms with van der Waals surface area (Å²) in [7, 11) is 1.49. The van der Waals surface area contributed by atoms with E-state index in [1.54, 1.807) is 12.1 Å². The maximum Gasteiger partial charge on any atom is 0.260 e. The van der Waals surface area contributed by atoms with E-state index in [9.17, 15) is 9.90 Å². The van der Waals surface area contributed by atoms with Crippen LogP contribution in [0.3, 0.4) is 0 Å². The van der Waals surface area contributed by atoms with E-state index in [2.05, 4.69) is 15.5 Å². The number of benzene rings is 1. The van der Waals surface area contributed by atoms with E-state index in [0.717, 1.165) is 5.69 Å². The molecule has 1 amide bonds. The smallest absolute Gasteiger partial charge is 0.260 e. The number of phenolic OH excluding ortho intramolecular Hbond substituents is 1. The van der Waals surface area contributed by atoms with Crippen molar-refractivity contribution in [1.82, 2.24) is 10.2 Å². The molecule has 0 saturated carbocycles. The van der Waals surface area contributed by atoms with Gasteiger partial charge in [-0.05, 0) is 25.1 Å². The van der Waals surface area contributed by atoms with Crippen molar-refractivity contribution in [2.24, 2.45) is 0 Å². The number of carbonyl (C=O) groups excluding carboxylic acids is 1. The van der Waals surface area contributed by atoms with Crippen LogP contribution in [0, 0.1) is 6.92 Å². The molecule has 0 fully saturated rings. The van der Waals surface area contributed by atoms with Crippen molar-refractivity contribution in [2.75, 3.05) is 12.4 Å². The third-order valence-corrected chi connectivity index (χ3v) is 2.40. The number of carbonyl (C=O) groups is 1. The number of H-pyrrole nitrogens is 1. The Morgan fingerprint density at radius 3 is 2.83 bits per heavy atom. The Kier molecular flexibility index (Phi) is 3.18. The van der Waals surface area contributed by atoms with Crippen molar-refractivity contribution < 1.29 is 14.6 Å². The summed E-state index contributed by atoms with van der Waals surface area (Å²) in [5.41, 5.74) is 0.968. The highest BCUT2D eigenvalue weighted by Gasteiger charge is 2.13. The molecule has 0 aliphatic heterocycles. The van der Waals surface area contributed by atoms with Crippen molar-refractivity contribution in [3.63, 3.8) is 0 Å². The molecule has 0 spiro atoms. The van der Waals surface area contributed by atoms with Crippen molar-refractivity contribution in [1.29, 1.82) is 0 Å². The number of aromatic amines is 1. The Hall–Kier alpha value is -2.50. The molecule has 2 rings (SSSR count). The maximum absolute atomic E-state index is 11.9. The molecule has 2 aromatic rings. The van der Waals surface area contributed by atoms with E-state index in [1.165, 1.54) is 19.2 Å². The zero-order valence-electron chi connectivity index (χ0n) is 10.0. The van der Waals surface area contributed by atoms with Crippen molar-refractivity contribution in [2.45, 2.75) is 6.92 Å². The van der Waals surface area contributed by atoms with E-state index in [1.807, 2.05) is 6.92 Å². The van der Waals surface area contributed by atoms with Gasteiger partial charge in [0.2, 0.25) is 0 Å². The Balaban J connectivity index is 2.23. The highest BCUT2D eigenvalue weighted by molar-refractivity contribution is 6.05. The Labute approximate surface area is 104 Å². The Bertz CT molecular complexity index is 578. The summed E-state index contributed by atoms with van der Waals surface area (Å²) in [6.45, 7) is 1.83. The number of hydrogen-bond donors (Lipinski definition) is 3. The molecule has 94 valence electrons. The van der Waals surface area contributed by atoms with Crippen LogP contribution in [0.5, 0.6) is 11.5 Å². The van der Waals surface area contributed by atoms with Crippen molar-refractivity contribution in [3.8, 4) is 11.5 Å². The summed E-state index contributed by atoms with van der Waals surface area (Å²) in [6, 6.07) is 6.13. The fourth-order valence-electron chi connectivity index (χ4n) is 1.49. The molecule has 0 aliphatic rings. The lowest BCUT2D eigenvalue weighted by Gasteiger charge is -2.06. The number of methoxy groups -OCH3 is 1. The monoisotopic (exact) mass is 247 g/mol. The van der Waals surface area contributed by atoms with Crippen LogP contribution in [0.15, 0.2) is 24.3 Å². The average molecular weight is 247 g/mol. The number of aromatic hydroxyl groups is 1. The number of aryl methyl sites for hydroxylation is 1. The number of rotatable bonds is 3. The lowest BCUT2D eigenvalue weighted by molar-refractivity contribution is 0.102. The predicted octanol–water partition coefficient (Wildman–Crippen LogP) is 1.68. The average Bonchev–Trinajstić information content (AvgIpc) is 2.75. The van der Waals surface area contributed by atoms with Crippen LogP contribution in [0.25, 0.3) is 0 Å². The van der Waals surface area contributed by atoms with Gasteiger partial charge in [0.15, 0.2) is 5.82 Å². The first-order valence-electron chi connectivity index (χ1n) is 5.30. The lowest BCUT2D eigenvalue weighted by atomic mass is 10.1. The Morgan fingerprint density at radius 1 is 1.44 bits per heavy atom. The fraction of sp³-hybridized carbons (Fsp3) is 0.167. The molecule has 3 N–H and O–H groups in total. The third-order valence-electron chi connectivity index (χ3n) is 2.40. The number of phenols is 1. The molecule has 0 bridgehead atoms. The Morgan fingerprint density at radius 2 is 2.22 bits per heavy atom. The molecule has 1 aromatic carbocycles. The second-order valence-electron chi connectivity index (χ2n) is 3.77. The number of aromatic nitrogens is 2. The van der Waals surface area contributed by atoms with Crippen LogP contribution in [-0.2, 0) is 0 Å². The van der Waals surface area contributed by atoms with Gasteiger partial charge in [0.1, 0.15) is 11.5 Å². The van der Waals surface area contributed by atoms with Gasteiger partial charge in [-0.1, -0.05) is 0 Å². The summed E-state index contributed by atoms with van der Waals surface area (Å²) in [5.74, 6) is 0.342. The summed E-state index contributed by atoms with van der Waals surface area (Å²) < 4.78 is 5.00. The molecule has 6 heteroatoms. The van der Waals surface area contributed by atoms with Gasteiger partial charge in [-0.15, -0.1) is 0 Å². The van der Waals surface area contributed by atoms with Crippen LogP contribution < -0.4 is 10.1 Å². The summed E-state index contributed by atoms with van der Waals surface area (Å²) in [4.78, 5) is 11.9. The third kappa shape index (κ3) is 2.42. The van der Waals surface area contributed by atoms with Gasteiger partial charge in [-0.2, -0.15) is 5.10 Å². The van der Waals surface area contributed by atoms with Gasteiger partial charge in [0.25, 0.3) is 5.91 Å². The van der Waals surface area contributed by atoms with E-state index < -0.39 is 5.91 Å². The first kappa shape index (κ1) is 12.0. The van der Waals surface area contributed by atoms with Crippen molar-refractivity contribution >= 4 is 11.7 Å². The van der Waals surface area contributed by atoms with E-state index >= 15 is 0 Å². The predicted molar refractivity (Wildman–Crippen MR) is 65.9 cm³/mol. The summed E-state index contributed by atoms with van der Waals surface area (Å²) in [5, 5.41) is 18.8. The molecule has 0 unspecified atom stereocenters. The minimum absolute atomic E-state index is 0.111.